The molecule has 1 rings (SSSR count). The number of nitrogens with zero attached hydrogens (tertiary/aromatic N) is 1. The Balaban J connectivity index is 3.33. The van der Waals surface area contributed by atoms with Crippen LogP contribution in [-0.4, -0.2) is 26.3 Å². The van der Waals surface area contributed by atoms with Crippen molar-refractivity contribution in [1.29, 1.82) is 0 Å². The fourth-order valence-electron chi connectivity index (χ4n) is 1.19. The monoisotopic (exact) mass is 247 g/mol. The second-order valence-corrected chi connectivity index (χ2v) is 5.78. The van der Waals surface area contributed by atoms with Gasteiger partial charge in [-0.3, -0.25) is 0 Å². The van der Waals surface area contributed by atoms with Crippen LogP contribution in [0.4, 0.5) is 0 Å². The van der Waals surface area contributed by atoms with Gasteiger partial charge >= 0.3 is 0 Å². The highest BCUT2D eigenvalue weighted by Gasteiger charge is 2.21. The molecule has 0 aliphatic carbocycles. The molecule has 0 N–H and O–H groups in total. The zero-order chi connectivity index (χ0) is 11.6. The summed E-state index contributed by atoms with van der Waals surface area (Å²) in [5.41, 5.74) is 0.708. The van der Waals surface area contributed by atoms with Crippen molar-refractivity contribution in [3.63, 3.8) is 0 Å². The van der Waals surface area contributed by atoms with E-state index in [0.717, 1.165) is 0 Å². The van der Waals surface area contributed by atoms with Crippen LogP contribution in [0.1, 0.15) is 12.5 Å². The van der Waals surface area contributed by atoms with E-state index in [2.05, 4.69) is 0 Å². The summed E-state index contributed by atoms with van der Waals surface area (Å²) in [6.45, 7) is 3.98. The maximum Gasteiger partial charge on any atom is 0.243 e. The molecule has 0 atom stereocenters. The Morgan fingerprint density at radius 3 is 2.53 bits per heavy atom. The second-order valence-electron chi connectivity index (χ2n) is 3.33. The Kier molecular flexibility index (Phi) is 3.76. The van der Waals surface area contributed by atoms with Crippen LogP contribution in [0.15, 0.2) is 23.1 Å². The number of aryl methyl sites for hydroxylation is 1. The normalized spacial score (nSPS) is 12.1. The van der Waals surface area contributed by atoms with Gasteiger partial charge in [0.15, 0.2) is 0 Å². The van der Waals surface area contributed by atoms with Crippen molar-refractivity contribution in [3.05, 3.63) is 28.8 Å². The molecule has 0 spiro atoms. The average molecular weight is 248 g/mol. The maximum atomic E-state index is 12.0. The number of benzene rings is 1. The molecule has 0 unspecified atom stereocenters. The first-order valence-corrected chi connectivity index (χ1v) is 6.44. The second kappa shape index (κ2) is 4.51. The van der Waals surface area contributed by atoms with Crippen molar-refractivity contribution < 1.29 is 8.42 Å². The molecule has 15 heavy (non-hydrogen) atoms. The van der Waals surface area contributed by atoms with Gasteiger partial charge in [-0.15, -0.1) is 0 Å². The third-order valence-electron chi connectivity index (χ3n) is 2.28. The first-order chi connectivity index (χ1) is 6.89. The molecular formula is C10H14ClNO2S. The molecule has 0 aliphatic heterocycles. The van der Waals surface area contributed by atoms with Crippen molar-refractivity contribution in [2.45, 2.75) is 18.7 Å². The van der Waals surface area contributed by atoms with Crippen molar-refractivity contribution in [3.8, 4) is 0 Å². The van der Waals surface area contributed by atoms with Crippen LogP contribution < -0.4 is 0 Å². The van der Waals surface area contributed by atoms with Gasteiger partial charge in [-0.05, 0) is 24.6 Å². The van der Waals surface area contributed by atoms with Crippen molar-refractivity contribution >= 4 is 21.6 Å². The van der Waals surface area contributed by atoms with Crippen molar-refractivity contribution in [2.24, 2.45) is 0 Å². The lowest BCUT2D eigenvalue weighted by Gasteiger charge is -2.16. The van der Waals surface area contributed by atoms with Gasteiger partial charge in [-0.25, -0.2) is 12.7 Å². The van der Waals surface area contributed by atoms with Crippen LogP contribution in [0.5, 0.6) is 0 Å². The quantitative estimate of drug-likeness (QED) is 0.822. The fraction of sp³-hybridized carbons (Fsp3) is 0.400. The van der Waals surface area contributed by atoms with Gasteiger partial charge < -0.3 is 0 Å². The number of hydrogen-bond acceptors (Lipinski definition) is 2. The molecule has 0 amide bonds. The molecule has 0 heterocycles. The number of halogens is 1. The van der Waals surface area contributed by atoms with E-state index in [9.17, 15) is 8.42 Å². The van der Waals surface area contributed by atoms with E-state index in [1.54, 1.807) is 33.0 Å². The molecule has 0 saturated heterocycles. The van der Waals surface area contributed by atoms with Crippen LogP contribution in [0.3, 0.4) is 0 Å². The largest absolute Gasteiger partial charge is 0.243 e. The zero-order valence-corrected chi connectivity index (χ0v) is 10.6. The Morgan fingerprint density at radius 1 is 1.40 bits per heavy atom. The van der Waals surface area contributed by atoms with Crippen LogP contribution >= 0.6 is 11.6 Å². The molecule has 0 saturated carbocycles. The van der Waals surface area contributed by atoms with E-state index < -0.39 is 10.0 Å². The van der Waals surface area contributed by atoms with Gasteiger partial charge in [0.05, 0.1) is 4.90 Å². The van der Waals surface area contributed by atoms with Crippen LogP contribution in [-0.2, 0) is 10.0 Å². The molecular weight excluding hydrogens is 234 g/mol. The summed E-state index contributed by atoms with van der Waals surface area (Å²) >= 11 is 5.79. The summed E-state index contributed by atoms with van der Waals surface area (Å²) < 4.78 is 25.3. The molecule has 1 aromatic carbocycles. The molecule has 0 bridgehead atoms. The average Bonchev–Trinajstić information content (AvgIpc) is 2.20. The molecule has 0 aliphatic rings. The van der Waals surface area contributed by atoms with E-state index in [0.29, 0.717) is 17.1 Å². The smallest absolute Gasteiger partial charge is 0.207 e. The first-order valence-electron chi connectivity index (χ1n) is 4.62. The lowest BCUT2D eigenvalue weighted by atomic mass is 10.2. The van der Waals surface area contributed by atoms with E-state index >= 15 is 0 Å². The molecule has 0 radical (unpaired) electrons. The number of sulfonamides is 1. The van der Waals surface area contributed by atoms with Crippen molar-refractivity contribution in [1.82, 2.24) is 4.31 Å². The third-order valence-corrected chi connectivity index (χ3v) is 4.59. The topological polar surface area (TPSA) is 37.4 Å². The number of hydrogen-bond donors (Lipinski definition) is 0. The molecule has 0 aromatic heterocycles. The highest BCUT2D eigenvalue weighted by atomic mass is 35.5. The summed E-state index contributed by atoms with van der Waals surface area (Å²) in [7, 11) is -1.84. The highest BCUT2D eigenvalue weighted by molar-refractivity contribution is 7.89. The Morgan fingerprint density at radius 2 is 2.00 bits per heavy atom. The minimum Gasteiger partial charge on any atom is -0.207 e. The predicted octanol–water partition coefficient (Wildman–Crippen LogP) is 2.29. The van der Waals surface area contributed by atoms with E-state index in [1.165, 1.54) is 10.4 Å². The van der Waals surface area contributed by atoms with Crippen LogP contribution in [0.2, 0.25) is 5.02 Å². The Hall–Kier alpha value is -0.580. The van der Waals surface area contributed by atoms with Gasteiger partial charge in [0.25, 0.3) is 0 Å². The van der Waals surface area contributed by atoms with E-state index in [4.69, 9.17) is 11.6 Å². The van der Waals surface area contributed by atoms with Gasteiger partial charge in [0.1, 0.15) is 0 Å². The minimum absolute atomic E-state index is 0.277. The summed E-state index contributed by atoms with van der Waals surface area (Å²) in [5.74, 6) is 0. The molecule has 1 aromatic rings. The zero-order valence-electron chi connectivity index (χ0n) is 8.99. The third kappa shape index (κ3) is 2.51. The van der Waals surface area contributed by atoms with Gasteiger partial charge in [0, 0.05) is 18.6 Å². The standard InChI is InChI=1S/C10H14ClNO2S/c1-4-12(3)15(13,14)10-7-9(11)6-5-8(10)2/h5-7H,4H2,1-3H3. The van der Waals surface area contributed by atoms with Crippen molar-refractivity contribution in [2.75, 3.05) is 13.6 Å². The summed E-state index contributed by atoms with van der Waals surface area (Å²) in [6.07, 6.45) is 0. The Labute approximate surface area is 95.7 Å². The van der Waals surface area contributed by atoms with E-state index in [-0.39, 0.29) is 4.90 Å². The predicted molar refractivity (Wildman–Crippen MR) is 61.7 cm³/mol. The first kappa shape index (κ1) is 12.5. The summed E-state index contributed by atoms with van der Waals surface area (Å²) in [4.78, 5) is 0.277. The molecule has 5 heteroatoms. The number of rotatable bonds is 3. The molecule has 3 nitrogen and oxygen atoms in total. The lowest BCUT2D eigenvalue weighted by molar-refractivity contribution is 0.486. The van der Waals surface area contributed by atoms with Crippen LogP contribution in [0, 0.1) is 6.92 Å². The SMILES string of the molecule is CCN(C)S(=O)(=O)c1cc(Cl)ccc1C. The van der Waals surface area contributed by atoms with Gasteiger partial charge in [-0.2, -0.15) is 0 Å². The lowest BCUT2D eigenvalue weighted by Crippen LogP contribution is -2.27. The Bertz CT molecular complexity index is 456. The minimum atomic E-state index is -3.39. The molecule has 0 fully saturated rings. The van der Waals surface area contributed by atoms with Gasteiger partial charge in [0.2, 0.25) is 10.0 Å². The summed E-state index contributed by atoms with van der Waals surface area (Å²) in [6, 6.07) is 4.87. The summed E-state index contributed by atoms with van der Waals surface area (Å²) in [5, 5.41) is 0.434. The van der Waals surface area contributed by atoms with Gasteiger partial charge in [-0.1, -0.05) is 24.6 Å². The van der Waals surface area contributed by atoms with Crippen LogP contribution in [0.25, 0.3) is 0 Å². The maximum absolute atomic E-state index is 12.0. The highest BCUT2D eigenvalue weighted by Crippen LogP contribution is 2.22. The van der Waals surface area contributed by atoms with E-state index in [1.807, 2.05) is 0 Å². The fourth-order valence-corrected chi connectivity index (χ4v) is 2.85. The molecule has 84 valence electrons.